The van der Waals surface area contributed by atoms with Crippen molar-refractivity contribution in [3.05, 3.63) is 212 Å². The smallest absolute Gasteiger partial charge is 0.0540 e. The lowest BCUT2D eigenvalue weighted by atomic mass is 9.93. The number of nitrogens with zero attached hydrogens (tertiary/aromatic N) is 1. The van der Waals surface area contributed by atoms with Gasteiger partial charge in [0, 0.05) is 36.9 Å². The van der Waals surface area contributed by atoms with Gasteiger partial charge in [0.1, 0.15) is 0 Å². The van der Waals surface area contributed by atoms with E-state index in [9.17, 15) is 0 Å². The zero-order valence-electron chi connectivity index (χ0n) is 32.6. The van der Waals surface area contributed by atoms with Crippen LogP contribution in [-0.2, 0) is 0 Å². The molecular weight excluding hydrogens is 719 g/mol. The van der Waals surface area contributed by atoms with Crippen LogP contribution in [0, 0.1) is 0 Å². The summed E-state index contributed by atoms with van der Waals surface area (Å²) in [6.45, 7) is 4.00. The monoisotopic (exact) mass is 759 g/mol. The molecule has 0 aliphatic rings. The Morgan fingerprint density at radius 2 is 0.845 bits per heavy atom. The summed E-state index contributed by atoms with van der Waals surface area (Å²) >= 11 is 1.86. The number of hydrogen-bond acceptors (Lipinski definition) is 2. The van der Waals surface area contributed by atoms with Crippen LogP contribution < -0.4 is 4.90 Å². The lowest BCUT2D eigenvalue weighted by Gasteiger charge is -2.28. The summed E-state index contributed by atoms with van der Waals surface area (Å²) in [6, 6.07) is 77.8. The van der Waals surface area contributed by atoms with E-state index in [1.165, 1.54) is 85.9 Å². The van der Waals surface area contributed by atoms with E-state index >= 15 is 0 Å². The molecule has 0 radical (unpaired) electrons. The number of hydrogen-bond donors (Lipinski definition) is 0. The largest absolute Gasteiger partial charge is 0.310 e. The van der Waals surface area contributed by atoms with Crippen molar-refractivity contribution >= 4 is 80.9 Å². The van der Waals surface area contributed by atoms with E-state index < -0.39 is 0 Å². The maximum Gasteiger partial charge on any atom is 0.0540 e. The van der Waals surface area contributed by atoms with Crippen molar-refractivity contribution in [1.82, 2.24) is 0 Å². The normalized spacial score (nSPS) is 11.3. The Bertz CT molecular complexity index is 3230. The van der Waals surface area contributed by atoms with Crippen molar-refractivity contribution in [2.75, 3.05) is 4.90 Å². The molecule has 1 heterocycles. The van der Waals surface area contributed by atoms with Gasteiger partial charge in [0.2, 0.25) is 0 Å². The molecule has 1 nitrogen and oxygen atoms in total. The minimum absolute atomic E-state index is 1.11. The molecule has 0 fully saturated rings. The second-order valence-corrected chi connectivity index (χ2v) is 15.6. The summed E-state index contributed by atoms with van der Waals surface area (Å²) in [5.41, 5.74) is 10.6. The van der Waals surface area contributed by atoms with Gasteiger partial charge in [-0.05, 0) is 115 Å². The molecule has 0 bridgehead atoms. The van der Waals surface area contributed by atoms with Gasteiger partial charge in [0.05, 0.1) is 5.69 Å². The third kappa shape index (κ3) is 6.29. The summed E-state index contributed by atoms with van der Waals surface area (Å²) in [5.74, 6) is 0. The lowest BCUT2D eigenvalue weighted by Crippen LogP contribution is -2.10. The molecule has 0 N–H and O–H groups in total. The molecule has 0 atom stereocenters. The number of rotatable bonds is 6. The van der Waals surface area contributed by atoms with Crippen LogP contribution in [0.5, 0.6) is 0 Å². The molecule has 1 aromatic heterocycles. The van der Waals surface area contributed by atoms with Gasteiger partial charge in [-0.1, -0.05) is 172 Å². The van der Waals surface area contributed by atoms with Crippen molar-refractivity contribution < 1.29 is 0 Å². The highest BCUT2D eigenvalue weighted by Crippen LogP contribution is 2.44. The Morgan fingerprint density at radius 1 is 0.310 bits per heavy atom. The fourth-order valence-corrected chi connectivity index (χ4v) is 9.57. The average molecular weight is 760 g/mol. The average Bonchev–Trinajstić information content (AvgIpc) is 3.68. The Morgan fingerprint density at radius 3 is 1.60 bits per heavy atom. The minimum atomic E-state index is 1.11. The van der Waals surface area contributed by atoms with Gasteiger partial charge in [-0.15, -0.1) is 11.3 Å². The molecule has 2 heteroatoms. The molecule has 0 unspecified atom stereocenters. The van der Waals surface area contributed by atoms with Crippen molar-refractivity contribution in [3.63, 3.8) is 0 Å². The van der Waals surface area contributed by atoms with Crippen LogP contribution in [0.4, 0.5) is 17.1 Å². The summed E-state index contributed by atoms with van der Waals surface area (Å²) < 4.78 is 2.65. The summed E-state index contributed by atoms with van der Waals surface area (Å²) in [7, 11) is 0. The van der Waals surface area contributed by atoms with E-state index in [1.807, 2.05) is 25.2 Å². The molecule has 11 aromatic rings. The fraction of sp³-hybridized carbons (Fsp3) is 0.0357. The summed E-state index contributed by atoms with van der Waals surface area (Å²) in [4.78, 5) is 2.41. The van der Waals surface area contributed by atoms with Gasteiger partial charge in [0.25, 0.3) is 0 Å². The maximum absolute atomic E-state index is 2.41. The Balaban J connectivity index is 0.00000201. The van der Waals surface area contributed by atoms with Crippen LogP contribution in [0.1, 0.15) is 13.8 Å². The topological polar surface area (TPSA) is 3.24 Å². The van der Waals surface area contributed by atoms with Gasteiger partial charge in [-0.2, -0.15) is 0 Å². The fourth-order valence-electron chi connectivity index (χ4n) is 8.48. The molecule has 0 amide bonds. The van der Waals surface area contributed by atoms with Crippen LogP contribution in [0.3, 0.4) is 0 Å². The summed E-state index contributed by atoms with van der Waals surface area (Å²) in [6.07, 6.45) is 0. The third-order valence-corrected chi connectivity index (χ3v) is 12.4. The van der Waals surface area contributed by atoms with E-state index in [2.05, 4.69) is 217 Å². The zero-order valence-corrected chi connectivity index (χ0v) is 33.4. The Labute approximate surface area is 343 Å². The van der Waals surface area contributed by atoms with E-state index in [0.29, 0.717) is 0 Å². The van der Waals surface area contributed by atoms with E-state index in [4.69, 9.17) is 0 Å². The van der Waals surface area contributed by atoms with Crippen LogP contribution in [0.2, 0.25) is 0 Å². The van der Waals surface area contributed by atoms with Gasteiger partial charge in [-0.25, -0.2) is 0 Å². The first-order valence-corrected chi connectivity index (χ1v) is 21.0. The van der Waals surface area contributed by atoms with Gasteiger partial charge in [-0.3, -0.25) is 0 Å². The van der Waals surface area contributed by atoms with Crippen molar-refractivity contribution in [2.45, 2.75) is 13.8 Å². The highest BCUT2D eigenvalue weighted by Gasteiger charge is 2.18. The molecule has 58 heavy (non-hydrogen) atoms. The molecular formula is C56H41NS. The number of anilines is 3. The molecule has 0 saturated heterocycles. The quantitative estimate of drug-likeness (QED) is 0.153. The van der Waals surface area contributed by atoms with Crippen molar-refractivity contribution in [1.29, 1.82) is 0 Å². The molecule has 0 spiro atoms. The van der Waals surface area contributed by atoms with Crippen LogP contribution >= 0.6 is 11.3 Å². The highest BCUT2D eigenvalue weighted by atomic mass is 32.1. The third-order valence-electron chi connectivity index (χ3n) is 11.3. The first-order valence-electron chi connectivity index (χ1n) is 20.2. The van der Waals surface area contributed by atoms with Gasteiger partial charge >= 0.3 is 0 Å². The lowest BCUT2D eigenvalue weighted by molar-refractivity contribution is 1.30. The molecule has 10 aromatic carbocycles. The number of thiophene rings is 1. The molecule has 0 aliphatic heterocycles. The second kappa shape index (κ2) is 15.2. The van der Waals surface area contributed by atoms with Crippen LogP contribution in [0.15, 0.2) is 212 Å². The van der Waals surface area contributed by atoms with Gasteiger partial charge in [0.15, 0.2) is 0 Å². The predicted molar refractivity (Wildman–Crippen MR) is 254 cm³/mol. The molecule has 0 aliphatic carbocycles. The zero-order chi connectivity index (χ0) is 39.0. The number of benzene rings is 10. The summed E-state index contributed by atoms with van der Waals surface area (Å²) in [5, 5.41) is 10.2. The predicted octanol–water partition coefficient (Wildman–Crippen LogP) is 17.0. The van der Waals surface area contributed by atoms with Crippen LogP contribution in [0.25, 0.3) is 85.9 Å². The van der Waals surface area contributed by atoms with E-state index in [0.717, 1.165) is 17.1 Å². The molecule has 276 valence electrons. The van der Waals surface area contributed by atoms with Crippen LogP contribution in [-0.4, -0.2) is 0 Å². The van der Waals surface area contributed by atoms with E-state index in [-0.39, 0.29) is 0 Å². The van der Waals surface area contributed by atoms with Gasteiger partial charge < -0.3 is 4.90 Å². The van der Waals surface area contributed by atoms with Crippen molar-refractivity contribution in [3.8, 4) is 33.4 Å². The SMILES string of the molecule is CC.c1ccc(-c2ccc(N(c3ccc(-c4ccc5sc6ccccc6c5c4)cc3)c3ccc(-c4ccc5c(ccc6ccccc65)c4)c4ccccc34)cc2)cc1. The Kier molecular flexibility index (Phi) is 9.25. The highest BCUT2D eigenvalue weighted by molar-refractivity contribution is 7.25. The van der Waals surface area contributed by atoms with Crippen molar-refractivity contribution in [2.24, 2.45) is 0 Å². The number of fused-ring (bicyclic) bond motifs is 7. The minimum Gasteiger partial charge on any atom is -0.310 e. The first kappa shape index (κ1) is 35.4. The maximum atomic E-state index is 2.41. The molecule has 11 rings (SSSR count). The first-order chi connectivity index (χ1) is 28.7. The molecule has 0 saturated carbocycles. The second-order valence-electron chi connectivity index (χ2n) is 14.5. The van der Waals surface area contributed by atoms with E-state index in [1.54, 1.807) is 0 Å². The Hall–Kier alpha value is -7.00. The standard InChI is InChI=1S/C54H35NS.C2H6/c1-2-10-36(11-3-1)37-20-26-43(27-21-37)55(44-28-22-38(23-29-44)40-25-33-54-51(35-40)50-16-8-9-17-53(50)56-54)52-32-31-47(48-14-6-7-15-49(48)52)42-24-30-46-41(34-42)19-18-39-12-4-5-13-45(39)46;1-2/h1-35H;1-2H3.